The Kier molecular flexibility index (Phi) is 9.27. The third kappa shape index (κ3) is 6.51. The minimum absolute atomic E-state index is 0.222. The van der Waals surface area contributed by atoms with Crippen molar-refractivity contribution in [2.75, 3.05) is 17.2 Å². The number of hydrogen-bond donors (Lipinski definition) is 2. The molecule has 1 atom stereocenters. The number of allylic oxidation sites excluding steroid dienone is 1. The van der Waals surface area contributed by atoms with Crippen LogP contribution in [0.3, 0.4) is 0 Å². The van der Waals surface area contributed by atoms with Crippen molar-refractivity contribution in [1.29, 1.82) is 0 Å². The topological polar surface area (TPSA) is 81.1 Å². The fourth-order valence-corrected chi connectivity index (χ4v) is 5.73. The van der Waals surface area contributed by atoms with Gasteiger partial charge in [-0.25, -0.2) is 9.07 Å². The van der Waals surface area contributed by atoms with Crippen molar-refractivity contribution < 1.29 is 13.9 Å². The number of halogens is 1. The third-order valence-corrected chi connectivity index (χ3v) is 8.34. The van der Waals surface area contributed by atoms with Gasteiger partial charge in [0.05, 0.1) is 12.2 Å². The summed E-state index contributed by atoms with van der Waals surface area (Å²) in [5.41, 5.74) is 5.56. The Labute approximate surface area is 250 Å². The largest absolute Gasteiger partial charge is 0.494 e. The number of carbonyl (C=O) groups is 1. The Hall–Kier alpha value is -4.11. The molecule has 0 aliphatic carbocycles. The van der Waals surface area contributed by atoms with Crippen LogP contribution in [-0.2, 0) is 10.5 Å². The average Bonchev–Trinajstić information content (AvgIpc) is 3.39. The molecule has 218 valence electrons. The molecule has 7 nitrogen and oxygen atoms in total. The summed E-state index contributed by atoms with van der Waals surface area (Å²) in [6.45, 7) is 8.73. The van der Waals surface area contributed by atoms with Crippen LogP contribution in [0.2, 0.25) is 0 Å². The summed E-state index contributed by atoms with van der Waals surface area (Å²) < 4.78 is 21.9. The highest BCUT2D eigenvalue weighted by Crippen LogP contribution is 2.38. The van der Waals surface area contributed by atoms with Crippen LogP contribution in [0.4, 0.5) is 16.0 Å². The molecule has 4 aromatic rings. The van der Waals surface area contributed by atoms with Gasteiger partial charge in [0.2, 0.25) is 11.1 Å². The Morgan fingerprint density at radius 2 is 1.83 bits per heavy atom. The summed E-state index contributed by atoms with van der Waals surface area (Å²) in [5.74, 6) is 1.21. The number of carbonyl (C=O) groups excluding carboxylic acids is 1. The number of aromatic nitrogens is 3. The van der Waals surface area contributed by atoms with Gasteiger partial charge in [-0.1, -0.05) is 74.0 Å². The first-order chi connectivity index (χ1) is 20.4. The molecular formula is C33H36FN5O2S. The van der Waals surface area contributed by atoms with Gasteiger partial charge < -0.3 is 15.4 Å². The fraction of sp³-hybridized carbons (Fsp3) is 0.303. The Balaban J connectivity index is 1.46. The molecule has 3 aromatic carbocycles. The fourth-order valence-electron chi connectivity index (χ4n) is 4.92. The molecular weight excluding hydrogens is 549 g/mol. The van der Waals surface area contributed by atoms with Gasteiger partial charge in [-0.05, 0) is 73.7 Å². The zero-order valence-electron chi connectivity index (χ0n) is 24.4. The number of unbranched alkanes of at least 4 members (excludes halogenated alkanes) is 2. The van der Waals surface area contributed by atoms with Crippen molar-refractivity contribution in [3.63, 3.8) is 0 Å². The van der Waals surface area contributed by atoms with Crippen LogP contribution in [0.5, 0.6) is 5.75 Å². The van der Waals surface area contributed by atoms with E-state index in [0.717, 1.165) is 47.4 Å². The number of anilines is 2. The Morgan fingerprint density at radius 1 is 1.05 bits per heavy atom. The SMILES string of the molecule is CCCCCOc1ccc(C2C(C(=O)Nc3cccc(C)c3C)=C(C)Nc3nc(SCc4ccccc4F)nn32)cc1. The Bertz CT molecular complexity index is 1600. The second kappa shape index (κ2) is 13.2. The van der Waals surface area contributed by atoms with Gasteiger partial charge in [-0.15, -0.1) is 5.10 Å². The molecule has 1 unspecified atom stereocenters. The molecule has 1 aliphatic rings. The second-order valence-corrected chi connectivity index (χ2v) is 11.4. The summed E-state index contributed by atoms with van der Waals surface area (Å²) in [7, 11) is 0. The lowest BCUT2D eigenvalue weighted by atomic mass is 9.94. The number of thioether (sulfide) groups is 1. The molecule has 1 amide bonds. The van der Waals surface area contributed by atoms with Gasteiger partial charge in [0.1, 0.15) is 17.6 Å². The number of nitrogens with one attached hydrogen (secondary N) is 2. The first-order valence-electron chi connectivity index (χ1n) is 14.3. The van der Waals surface area contributed by atoms with Gasteiger partial charge in [0, 0.05) is 17.1 Å². The lowest BCUT2D eigenvalue weighted by Gasteiger charge is -2.29. The quantitative estimate of drug-likeness (QED) is 0.138. The zero-order valence-corrected chi connectivity index (χ0v) is 25.2. The molecule has 2 N–H and O–H groups in total. The third-order valence-electron chi connectivity index (χ3n) is 7.46. The van der Waals surface area contributed by atoms with Gasteiger partial charge in [-0.2, -0.15) is 4.98 Å². The number of rotatable bonds is 11. The van der Waals surface area contributed by atoms with E-state index >= 15 is 0 Å². The van der Waals surface area contributed by atoms with Crippen molar-refractivity contribution >= 4 is 29.3 Å². The Morgan fingerprint density at radius 3 is 2.60 bits per heavy atom. The van der Waals surface area contributed by atoms with Gasteiger partial charge >= 0.3 is 0 Å². The maximum Gasteiger partial charge on any atom is 0.255 e. The molecule has 0 bridgehead atoms. The van der Waals surface area contributed by atoms with Crippen LogP contribution in [0.1, 0.15) is 61.4 Å². The van der Waals surface area contributed by atoms with Crippen molar-refractivity contribution in [3.05, 3.63) is 106 Å². The molecule has 0 saturated carbocycles. The highest BCUT2D eigenvalue weighted by molar-refractivity contribution is 7.98. The zero-order chi connectivity index (χ0) is 29.6. The highest BCUT2D eigenvalue weighted by Gasteiger charge is 2.34. The van der Waals surface area contributed by atoms with E-state index < -0.39 is 6.04 Å². The monoisotopic (exact) mass is 585 g/mol. The lowest BCUT2D eigenvalue weighted by Crippen LogP contribution is -2.31. The summed E-state index contributed by atoms with van der Waals surface area (Å²) >= 11 is 1.35. The molecule has 9 heteroatoms. The smallest absolute Gasteiger partial charge is 0.255 e. The minimum atomic E-state index is -0.532. The average molecular weight is 586 g/mol. The van der Waals surface area contributed by atoms with E-state index in [1.807, 2.05) is 69.3 Å². The number of aryl methyl sites for hydroxylation is 1. The van der Waals surface area contributed by atoms with E-state index in [-0.39, 0.29) is 11.7 Å². The molecule has 0 fully saturated rings. The number of hydrogen-bond acceptors (Lipinski definition) is 6. The number of amides is 1. The predicted molar refractivity (Wildman–Crippen MR) is 166 cm³/mol. The van der Waals surface area contributed by atoms with E-state index in [0.29, 0.717) is 40.3 Å². The molecule has 0 radical (unpaired) electrons. The van der Waals surface area contributed by atoms with Crippen LogP contribution in [0.25, 0.3) is 0 Å². The number of nitrogens with zero attached hydrogens (tertiary/aromatic N) is 3. The van der Waals surface area contributed by atoms with E-state index in [1.165, 1.54) is 17.8 Å². The highest BCUT2D eigenvalue weighted by atomic mass is 32.2. The standard InChI is InChI=1S/C33H36FN5O2S/c1-5-6-9-19-41-26-17-15-24(16-18-26)30-29(31(40)36-28-14-10-11-21(2)22(28)3)23(4)35-32-37-33(38-39(30)32)42-20-25-12-7-8-13-27(25)34/h7-8,10-18,30H,5-6,9,19-20H2,1-4H3,(H,36,40)(H,35,37,38). The van der Waals surface area contributed by atoms with Crippen LogP contribution < -0.4 is 15.4 Å². The summed E-state index contributed by atoms with van der Waals surface area (Å²) in [5, 5.41) is 11.7. The summed E-state index contributed by atoms with van der Waals surface area (Å²) in [6.07, 6.45) is 3.27. The molecule has 42 heavy (non-hydrogen) atoms. The van der Waals surface area contributed by atoms with Gasteiger partial charge in [0.15, 0.2) is 0 Å². The molecule has 0 saturated heterocycles. The normalized spacial score (nSPS) is 14.4. The van der Waals surface area contributed by atoms with Crippen molar-refractivity contribution in [2.45, 2.75) is 63.9 Å². The molecule has 2 heterocycles. The van der Waals surface area contributed by atoms with E-state index in [4.69, 9.17) is 14.8 Å². The first kappa shape index (κ1) is 29.4. The van der Waals surface area contributed by atoms with Gasteiger partial charge in [-0.3, -0.25) is 4.79 Å². The summed E-state index contributed by atoms with van der Waals surface area (Å²) in [4.78, 5) is 18.6. The molecule has 1 aliphatic heterocycles. The number of benzene rings is 3. The first-order valence-corrected chi connectivity index (χ1v) is 15.2. The predicted octanol–water partition coefficient (Wildman–Crippen LogP) is 7.82. The number of fused-ring (bicyclic) bond motifs is 1. The maximum atomic E-state index is 14.2. The second-order valence-electron chi connectivity index (χ2n) is 10.4. The maximum absolute atomic E-state index is 14.2. The van der Waals surface area contributed by atoms with Crippen LogP contribution in [-0.4, -0.2) is 27.3 Å². The molecule has 5 rings (SSSR count). The lowest BCUT2D eigenvalue weighted by molar-refractivity contribution is -0.113. The van der Waals surface area contributed by atoms with Crippen LogP contribution >= 0.6 is 11.8 Å². The van der Waals surface area contributed by atoms with E-state index in [1.54, 1.807) is 16.8 Å². The van der Waals surface area contributed by atoms with Crippen molar-refractivity contribution in [1.82, 2.24) is 14.8 Å². The van der Waals surface area contributed by atoms with Crippen LogP contribution in [0, 0.1) is 19.7 Å². The minimum Gasteiger partial charge on any atom is -0.494 e. The van der Waals surface area contributed by atoms with Crippen LogP contribution in [0.15, 0.2) is 83.2 Å². The molecule has 1 aromatic heterocycles. The van der Waals surface area contributed by atoms with E-state index in [2.05, 4.69) is 17.6 Å². The van der Waals surface area contributed by atoms with Crippen molar-refractivity contribution in [2.24, 2.45) is 0 Å². The van der Waals surface area contributed by atoms with E-state index in [9.17, 15) is 9.18 Å². The van der Waals surface area contributed by atoms with Crippen molar-refractivity contribution in [3.8, 4) is 5.75 Å². The number of ether oxygens (including phenoxy) is 1. The summed E-state index contributed by atoms with van der Waals surface area (Å²) in [6, 6.07) is 19.8. The molecule has 0 spiro atoms. The van der Waals surface area contributed by atoms with Gasteiger partial charge in [0.25, 0.3) is 5.91 Å².